The van der Waals surface area contributed by atoms with E-state index >= 15 is 0 Å². The molecule has 120 valence electrons. The van der Waals surface area contributed by atoms with Gasteiger partial charge in [0.05, 0.1) is 12.2 Å². The van der Waals surface area contributed by atoms with E-state index in [1.54, 1.807) is 6.07 Å². The molecule has 0 amide bonds. The standard InChI is InChI=1S/C18H24O4/c1-18-7-6-12-11-5-3-10(19)8-9(11)2-4-13(12)14(18)15(20)16(21)17(18)22/h3,5,8,12-17,19-22H,2,4,6-7H2,1H3/t12-,13+,14-,15-,16-,17+,18+/m1/s1. The van der Waals surface area contributed by atoms with E-state index in [2.05, 4.69) is 0 Å². The first-order valence-corrected chi connectivity index (χ1v) is 8.29. The number of rotatable bonds is 0. The van der Waals surface area contributed by atoms with Crippen molar-refractivity contribution < 1.29 is 20.4 Å². The zero-order chi connectivity index (χ0) is 15.6. The number of hydrogen-bond acceptors (Lipinski definition) is 4. The molecular weight excluding hydrogens is 280 g/mol. The zero-order valence-corrected chi connectivity index (χ0v) is 12.8. The Morgan fingerprint density at radius 2 is 1.86 bits per heavy atom. The van der Waals surface area contributed by atoms with E-state index in [9.17, 15) is 20.4 Å². The summed E-state index contributed by atoms with van der Waals surface area (Å²) in [6.07, 6.45) is 0.894. The van der Waals surface area contributed by atoms with Crippen molar-refractivity contribution in [1.29, 1.82) is 0 Å². The van der Waals surface area contributed by atoms with Gasteiger partial charge in [-0.1, -0.05) is 13.0 Å². The van der Waals surface area contributed by atoms with Gasteiger partial charge in [0.25, 0.3) is 0 Å². The van der Waals surface area contributed by atoms with E-state index in [1.165, 1.54) is 11.1 Å². The molecule has 0 spiro atoms. The maximum atomic E-state index is 10.5. The molecule has 3 aliphatic carbocycles. The molecule has 0 heterocycles. The number of aliphatic hydroxyl groups excluding tert-OH is 3. The maximum Gasteiger partial charge on any atom is 0.115 e. The van der Waals surface area contributed by atoms with E-state index in [1.807, 2.05) is 19.1 Å². The largest absolute Gasteiger partial charge is 0.508 e. The van der Waals surface area contributed by atoms with Gasteiger partial charge in [-0.15, -0.1) is 0 Å². The van der Waals surface area contributed by atoms with Crippen molar-refractivity contribution in [2.45, 2.75) is 56.8 Å². The van der Waals surface area contributed by atoms with Crippen LogP contribution in [0.4, 0.5) is 0 Å². The first-order valence-electron chi connectivity index (χ1n) is 8.29. The summed E-state index contributed by atoms with van der Waals surface area (Å²) in [5.74, 6) is 0.898. The third-order valence-electron chi connectivity index (χ3n) is 6.72. The van der Waals surface area contributed by atoms with Crippen molar-refractivity contribution in [3.63, 3.8) is 0 Å². The van der Waals surface area contributed by atoms with Crippen LogP contribution in [0.25, 0.3) is 0 Å². The number of phenols is 1. The highest BCUT2D eigenvalue weighted by molar-refractivity contribution is 5.40. The van der Waals surface area contributed by atoms with Crippen LogP contribution < -0.4 is 0 Å². The first-order chi connectivity index (χ1) is 10.4. The Morgan fingerprint density at radius 1 is 1.09 bits per heavy atom. The van der Waals surface area contributed by atoms with E-state index in [0.29, 0.717) is 11.7 Å². The molecule has 4 nitrogen and oxygen atoms in total. The second-order valence-electron chi connectivity index (χ2n) is 7.69. The quantitative estimate of drug-likeness (QED) is 0.586. The van der Waals surface area contributed by atoms with Crippen LogP contribution in [0.15, 0.2) is 18.2 Å². The summed E-state index contributed by atoms with van der Waals surface area (Å²) in [6, 6.07) is 5.61. The number of benzene rings is 1. The first kappa shape index (κ1) is 14.5. The molecule has 1 aromatic rings. The van der Waals surface area contributed by atoms with Gasteiger partial charge in [-0.3, -0.25) is 0 Å². The molecular formula is C18H24O4. The molecule has 4 heteroatoms. The van der Waals surface area contributed by atoms with Gasteiger partial charge in [-0.05, 0) is 66.7 Å². The fourth-order valence-corrected chi connectivity index (χ4v) is 5.62. The predicted molar refractivity (Wildman–Crippen MR) is 81.5 cm³/mol. The van der Waals surface area contributed by atoms with Crippen LogP contribution in [-0.4, -0.2) is 38.7 Å². The van der Waals surface area contributed by atoms with Gasteiger partial charge >= 0.3 is 0 Å². The Bertz CT molecular complexity index is 601. The topological polar surface area (TPSA) is 80.9 Å². The molecule has 7 atom stereocenters. The minimum atomic E-state index is -1.03. The SMILES string of the molecule is C[C@]12CC[C@@H]3c4ccc(O)cc4CC[C@@H]3[C@@H]1[C@@H](O)[C@@H](O)[C@@H]2O. The monoisotopic (exact) mass is 304 g/mol. The average Bonchev–Trinajstić information content (AvgIpc) is 2.68. The lowest BCUT2D eigenvalue weighted by molar-refractivity contribution is -0.0505. The number of aliphatic hydroxyl groups is 3. The Labute approximate surface area is 130 Å². The lowest BCUT2D eigenvalue weighted by atomic mass is 9.55. The van der Waals surface area contributed by atoms with Gasteiger partial charge in [0, 0.05) is 5.41 Å². The van der Waals surface area contributed by atoms with Crippen LogP contribution in [-0.2, 0) is 6.42 Å². The third kappa shape index (κ3) is 1.75. The molecule has 0 unspecified atom stereocenters. The molecule has 2 fully saturated rings. The van der Waals surface area contributed by atoms with Gasteiger partial charge in [0.2, 0.25) is 0 Å². The van der Waals surface area contributed by atoms with Crippen molar-refractivity contribution in [3.8, 4) is 5.75 Å². The Hall–Kier alpha value is -1.10. The lowest BCUT2D eigenvalue weighted by Gasteiger charge is -2.50. The fraction of sp³-hybridized carbons (Fsp3) is 0.667. The highest BCUT2D eigenvalue weighted by Crippen LogP contribution is 2.60. The summed E-state index contributed by atoms with van der Waals surface area (Å²) in [6.45, 7) is 2.02. The van der Waals surface area contributed by atoms with E-state index in [0.717, 1.165) is 25.7 Å². The van der Waals surface area contributed by atoms with Crippen LogP contribution in [0.3, 0.4) is 0 Å². The summed E-state index contributed by atoms with van der Waals surface area (Å²) in [7, 11) is 0. The normalized spacial score (nSPS) is 46.7. The molecule has 4 N–H and O–H groups in total. The summed E-state index contributed by atoms with van der Waals surface area (Å²) in [4.78, 5) is 0. The van der Waals surface area contributed by atoms with Gasteiger partial charge in [0.15, 0.2) is 0 Å². The van der Waals surface area contributed by atoms with E-state index in [-0.39, 0.29) is 11.8 Å². The minimum Gasteiger partial charge on any atom is -0.508 e. The van der Waals surface area contributed by atoms with Crippen LogP contribution in [0.1, 0.15) is 43.2 Å². The van der Waals surface area contributed by atoms with Gasteiger partial charge in [-0.2, -0.15) is 0 Å². The second-order valence-corrected chi connectivity index (χ2v) is 7.69. The molecule has 1 aromatic carbocycles. The molecule has 22 heavy (non-hydrogen) atoms. The lowest BCUT2D eigenvalue weighted by Crippen LogP contribution is -2.46. The summed E-state index contributed by atoms with van der Waals surface area (Å²) in [5, 5.41) is 40.7. The van der Waals surface area contributed by atoms with Gasteiger partial charge < -0.3 is 20.4 Å². The number of phenolic OH excluding ortho intramolecular Hbond substituents is 1. The number of aryl methyl sites for hydroxylation is 1. The van der Waals surface area contributed by atoms with Gasteiger partial charge in [-0.25, -0.2) is 0 Å². The molecule has 0 radical (unpaired) electrons. The zero-order valence-electron chi connectivity index (χ0n) is 12.8. The Morgan fingerprint density at radius 3 is 2.64 bits per heavy atom. The van der Waals surface area contributed by atoms with Crippen LogP contribution in [0.5, 0.6) is 5.75 Å². The molecule has 2 saturated carbocycles. The Balaban J connectivity index is 1.74. The van der Waals surface area contributed by atoms with Crippen molar-refractivity contribution >= 4 is 0 Å². The predicted octanol–water partition coefficient (Wildman–Crippen LogP) is 1.55. The number of hydrogen-bond donors (Lipinski definition) is 4. The summed E-state index contributed by atoms with van der Waals surface area (Å²) >= 11 is 0. The summed E-state index contributed by atoms with van der Waals surface area (Å²) in [5.41, 5.74) is 2.09. The molecule has 0 bridgehead atoms. The highest BCUT2D eigenvalue weighted by atomic mass is 16.4. The molecule has 4 rings (SSSR count). The Kier molecular flexibility index (Phi) is 3.09. The van der Waals surface area contributed by atoms with Crippen LogP contribution >= 0.6 is 0 Å². The van der Waals surface area contributed by atoms with Crippen LogP contribution in [0, 0.1) is 17.3 Å². The van der Waals surface area contributed by atoms with Crippen molar-refractivity contribution in [2.75, 3.05) is 0 Å². The van der Waals surface area contributed by atoms with E-state index < -0.39 is 23.7 Å². The second kappa shape index (κ2) is 4.70. The van der Waals surface area contributed by atoms with Crippen molar-refractivity contribution in [3.05, 3.63) is 29.3 Å². The number of aromatic hydroxyl groups is 1. The van der Waals surface area contributed by atoms with Crippen molar-refractivity contribution in [1.82, 2.24) is 0 Å². The fourth-order valence-electron chi connectivity index (χ4n) is 5.62. The molecule has 0 saturated heterocycles. The molecule has 3 aliphatic rings. The maximum absolute atomic E-state index is 10.5. The minimum absolute atomic E-state index is 0.0572. The molecule has 0 aliphatic heterocycles. The molecule has 0 aromatic heterocycles. The van der Waals surface area contributed by atoms with Gasteiger partial charge in [0.1, 0.15) is 11.9 Å². The van der Waals surface area contributed by atoms with Crippen molar-refractivity contribution in [2.24, 2.45) is 17.3 Å². The average molecular weight is 304 g/mol. The smallest absolute Gasteiger partial charge is 0.115 e. The third-order valence-corrected chi connectivity index (χ3v) is 6.72. The summed E-state index contributed by atoms with van der Waals surface area (Å²) < 4.78 is 0. The number of fused-ring (bicyclic) bond motifs is 5. The van der Waals surface area contributed by atoms with Crippen LogP contribution in [0.2, 0.25) is 0 Å². The van der Waals surface area contributed by atoms with E-state index in [4.69, 9.17) is 0 Å². The highest BCUT2D eigenvalue weighted by Gasteiger charge is 2.62.